The number of halogens is 2. The van der Waals surface area contributed by atoms with E-state index >= 15 is 0 Å². The Balaban J connectivity index is 0.00000181. The number of aromatic nitrogens is 6. The van der Waals surface area contributed by atoms with Crippen LogP contribution >= 0.6 is 28.6 Å². The monoisotopic (exact) mass is 540 g/mol. The fourth-order valence-electron chi connectivity index (χ4n) is 3.53. The molecule has 32 heavy (non-hydrogen) atoms. The molecule has 0 radical (unpaired) electrons. The number of hydrogen-bond acceptors (Lipinski definition) is 5. The molecule has 4 aromatic rings. The first-order valence-corrected chi connectivity index (χ1v) is 10.3. The SMILES string of the molecule is Br.CCCCc1nc(Cl)c(C[O-])n1Cc1ccc(-c2ccccc2-c2nn[nH]n2)cc1.[K+]. The van der Waals surface area contributed by atoms with Crippen molar-refractivity contribution in [1.82, 2.24) is 30.2 Å². The van der Waals surface area contributed by atoms with Crippen molar-refractivity contribution in [2.45, 2.75) is 39.3 Å². The van der Waals surface area contributed by atoms with Gasteiger partial charge in [-0.05, 0) is 28.3 Å². The van der Waals surface area contributed by atoms with Gasteiger partial charge in [0.05, 0.1) is 0 Å². The van der Waals surface area contributed by atoms with Crippen molar-refractivity contribution in [3.63, 3.8) is 0 Å². The van der Waals surface area contributed by atoms with Crippen LogP contribution in [-0.2, 0) is 19.6 Å². The van der Waals surface area contributed by atoms with E-state index in [1.54, 1.807) is 0 Å². The number of unbranched alkanes of at least 4 members (excludes halogenated alkanes) is 1. The number of nitrogens with zero attached hydrogens (tertiary/aromatic N) is 5. The molecule has 2 heterocycles. The summed E-state index contributed by atoms with van der Waals surface area (Å²) in [7, 11) is 0. The molecule has 0 saturated carbocycles. The Hall–Kier alpha value is -0.914. The predicted molar refractivity (Wildman–Crippen MR) is 124 cm³/mol. The molecule has 2 aromatic carbocycles. The topological polar surface area (TPSA) is 95.3 Å². The number of benzene rings is 2. The zero-order chi connectivity index (χ0) is 20.9. The number of H-pyrrole nitrogens is 1. The van der Waals surface area contributed by atoms with Crippen LogP contribution in [0.1, 0.15) is 36.8 Å². The molecule has 2 aromatic heterocycles. The molecule has 0 bridgehead atoms. The van der Waals surface area contributed by atoms with Crippen molar-refractivity contribution in [3.05, 3.63) is 70.8 Å². The Kier molecular flexibility index (Phi) is 11.2. The number of rotatable bonds is 8. The Morgan fingerprint density at radius 1 is 1.06 bits per heavy atom. The third-order valence-electron chi connectivity index (χ3n) is 5.11. The number of hydrogen-bond donors (Lipinski definition) is 1. The molecule has 0 amide bonds. The van der Waals surface area contributed by atoms with Gasteiger partial charge in [0.25, 0.3) is 0 Å². The number of aromatic amines is 1. The quantitative estimate of drug-likeness (QED) is 0.339. The smallest absolute Gasteiger partial charge is 0.850 e. The van der Waals surface area contributed by atoms with Crippen LogP contribution in [0.5, 0.6) is 0 Å². The van der Waals surface area contributed by atoms with Crippen molar-refractivity contribution in [2.75, 3.05) is 0 Å². The molecule has 4 rings (SSSR count). The molecule has 0 spiro atoms. The zero-order valence-corrected chi connectivity index (χ0v) is 23.7. The molecule has 10 heteroatoms. The Morgan fingerprint density at radius 2 is 1.78 bits per heavy atom. The normalized spacial score (nSPS) is 10.5. The first-order chi connectivity index (χ1) is 14.7. The molecular formula is C22H23BrClKN6O. The van der Waals surface area contributed by atoms with Crippen molar-refractivity contribution in [2.24, 2.45) is 0 Å². The molecule has 0 fully saturated rings. The van der Waals surface area contributed by atoms with Gasteiger partial charge in [-0.2, -0.15) is 5.21 Å². The van der Waals surface area contributed by atoms with Gasteiger partial charge in [0.15, 0.2) is 0 Å². The van der Waals surface area contributed by atoms with Crippen molar-refractivity contribution in [3.8, 4) is 22.5 Å². The van der Waals surface area contributed by atoms with Gasteiger partial charge in [-0.25, -0.2) is 4.98 Å². The fourth-order valence-corrected chi connectivity index (χ4v) is 3.79. The molecule has 0 aliphatic carbocycles. The maximum absolute atomic E-state index is 11.7. The average molecular weight is 542 g/mol. The van der Waals surface area contributed by atoms with E-state index in [9.17, 15) is 5.11 Å². The van der Waals surface area contributed by atoms with Gasteiger partial charge in [-0.1, -0.05) is 80.1 Å². The first-order valence-electron chi connectivity index (χ1n) is 9.95. The van der Waals surface area contributed by atoms with E-state index in [1.807, 2.05) is 28.8 Å². The van der Waals surface area contributed by atoms with Crippen LogP contribution in [0.15, 0.2) is 48.5 Å². The maximum Gasteiger partial charge on any atom is 1.00 e. The minimum atomic E-state index is -0.381. The van der Waals surface area contributed by atoms with Crippen LogP contribution < -0.4 is 56.5 Å². The minimum Gasteiger partial charge on any atom is -0.850 e. The van der Waals surface area contributed by atoms with Gasteiger partial charge in [-0.3, -0.25) is 0 Å². The number of aryl methyl sites for hydroxylation is 1. The van der Waals surface area contributed by atoms with E-state index in [1.165, 1.54) is 0 Å². The summed E-state index contributed by atoms with van der Waals surface area (Å²) in [6.07, 6.45) is 2.88. The van der Waals surface area contributed by atoms with Crippen LogP contribution in [0.2, 0.25) is 5.15 Å². The molecule has 7 nitrogen and oxygen atoms in total. The summed E-state index contributed by atoms with van der Waals surface area (Å²) in [6.45, 7) is 2.33. The second-order valence-electron chi connectivity index (χ2n) is 7.08. The largest absolute Gasteiger partial charge is 1.00 e. The van der Waals surface area contributed by atoms with Crippen LogP contribution in [0.4, 0.5) is 0 Å². The van der Waals surface area contributed by atoms with Crippen LogP contribution in [-0.4, -0.2) is 30.2 Å². The van der Waals surface area contributed by atoms with Gasteiger partial charge >= 0.3 is 51.4 Å². The molecule has 0 atom stereocenters. The summed E-state index contributed by atoms with van der Waals surface area (Å²) >= 11 is 6.22. The molecule has 0 aliphatic rings. The summed E-state index contributed by atoms with van der Waals surface area (Å²) < 4.78 is 1.97. The molecule has 0 saturated heterocycles. The maximum atomic E-state index is 11.7. The molecule has 0 unspecified atom stereocenters. The van der Waals surface area contributed by atoms with E-state index in [4.69, 9.17) is 11.6 Å². The molecule has 0 aliphatic heterocycles. The van der Waals surface area contributed by atoms with Crippen molar-refractivity contribution < 1.29 is 56.5 Å². The first kappa shape index (κ1) is 27.3. The third-order valence-corrected chi connectivity index (χ3v) is 5.41. The van der Waals surface area contributed by atoms with Gasteiger partial charge in [0.2, 0.25) is 5.82 Å². The summed E-state index contributed by atoms with van der Waals surface area (Å²) in [5.41, 5.74) is 4.63. The average Bonchev–Trinajstić information content (AvgIpc) is 3.41. The van der Waals surface area contributed by atoms with Crippen molar-refractivity contribution in [1.29, 1.82) is 0 Å². The number of imidazole rings is 1. The second kappa shape index (κ2) is 13.1. The van der Waals surface area contributed by atoms with Crippen LogP contribution in [0, 0.1) is 0 Å². The van der Waals surface area contributed by atoms with Gasteiger partial charge < -0.3 is 9.67 Å². The summed E-state index contributed by atoms with van der Waals surface area (Å²) in [5, 5.41) is 26.4. The number of nitrogens with one attached hydrogen (secondary N) is 1. The Morgan fingerprint density at radius 3 is 2.41 bits per heavy atom. The molecular weight excluding hydrogens is 519 g/mol. The molecule has 1 N–H and O–H groups in total. The van der Waals surface area contributed by atoms with E-state index < -0.39 is 0 Å². The van der Waals surface area contributed by atoms with E-state index in [0.717, 1.165) is 47.3 Å². The standard InChI is InChI=1S/C22H22ClN6O.BrH.K/c1-2-3-8-20-24-21(23)19(14-30)29(20)13-15-9-11-16(12-10-15)17-6-4-5-7-18(17)22-25-27-28-26-22;;/h4-7,9-12H,2-3,8,13-14H2,1H3,(H,25,26,27,28);1H;/q-1;;+1. The van der Waals surface area contributed by atoms with Crippen molar-refractivity contribution >= 4 is 28.6 Å². The van der Waals surface area contributed by atoms with E-state index in [0.29, 0.717) is 23.2 Å². The minimum absolute atomic E-state index is 0. The van der Waals surface area contributed by atoms with Crippen LogP contribution in [0.3, 0.4) is 0 Å². The zero-order valence-electron chi connectivity index (χ0n) is 18.1. The fraction of sp³-hybridized carbons (Fsp3) is 0.273. The van der Waals surface area contributed by atoms with Gasteiger partial charge in [0, 0.05) is 24.2 Å². The van der Waals surface area contributed by atoms with Gasteiger partial charge in [-0.15, -0.1) is 27.2 Å². The third kappa shape index (κ3) is 6.15. The summed E-state index contributed by atoms with van der Waals surface area (Å²) in [5.74, 6) is 1.43. The Labute approximate surface area is 245 Å². The van der Waals surface area contributed by atoms with Crippen LogP contribution in [0.25, 0.3) is 22.5 Å². The summed E-state index contributed by atoms with van der Waals surface area (Å²) in [4.78, 5) is 4.43. The van der Waals surface area contributed by atoms with Gasteiger partial charge in [0.1, 0.15) is 11.0 Å². The molecule has 162 valence electrons. The van der Waals surface area contributed by atoms with E-state index in [-0.39, 0.29) is 75.0 Å². The van der Waals surface area contributed by atoms with E-state index in [2.05, 4.69) is 56.8 Å². The summed E-state index contributed by atoms with van der Waals surface area (Å²) in [6, 6.07) is 16.2. The Bertz CT molecular complexity index is 1120. The second-order valence-corrected chi connectivity index (χ2v) is 7.44. The number of tetrazole rings is 1. The predicted octanol–water partition coefficient (Wildman–Crippen LogP) is 1.22.